The third-order valence-corrected chi connectivity index (χ3v) is 3.74. The molecule has 1 aliphatic rings. The van der Waals surface area contributed by atoms with E-state index in [-0.39, 0.29) is 0 Å². The molecule has 5 heteroatoms. The van der Waals surface area contributed by atoms with Gasteiger partial charge in [-0.05, 0) is 38.5 Å². The Morgan fingerprint density at radius 1 is 1.13 bits per heavy atom. The normalized spacial score (nSPS) is 18.5. The largest absolute Gasteiger partial charge is 0.478 e. The van der Waals surface area contributed by atoms with Crippen LogP contribution in [-0.4, -0.2) is 46.7 Å². The van der Waals surface area contributed by atoms with Crippen molar-refractivity contribution < 1.29 is 19.8 Å². The van der Waals surface area contributed by atoms with Crippen molar-refractivity contribution in [2.24, 2.45) is 0 Å². The molecule has 0 radical (unpaired) electrons. The summed E-state index contributed by atoms with van der Waals surface area (Å²) in [7, 11) is 2.20. The van der Waals surface area contributed by atoms with Gasteiger partial charge in [0.05, 0.1) is 0 Å². The van der Waals surface area contributed by atoms with Gasteiger partial charge in [0.1, 0.15) is 0 Å². The maximum Gasteiger partial charge on any atom is 0.328 e. The maximum atomic E-state index is 9.55. The van der Waals surface area contributed by atoms with E-state index in [1.807, 2.05) is 0 Å². The van der Waals surface area contributed by atoms with Crippen molar-refractivity contribution in [2.45, 2.75) is 26.3 Å². The predicted molar refractivity (Wildman–Crippen MR) is 90.2 cm³/mol. The first kappa shape index (κ1) is 18.6. The Bertz CT molecular complexity index is 589. The van der Waals surface area contributed by atoms with Gasteiger partial charge in [0.2, 0.25) is 0 Å². The molecule has 0 saturated heterocycles. The minimum atomic E-state index is -1.26. The molecule has 0 saturated carbocycles. The third-order valence-electron chi connectivity index (χ3n) is 3.74. The summed E-state index contributed by atoms with van der Waals surface area (Å²) in [5.74, 6) is -2.51. The van der Waals surface area contributed by atoms with Gasteiger partial charge in [0.15, 0.2) is 0 Å². The van der Waals surface area contributed by atoms with Crippen molar-refractivity contribution in [1.82, 2.24) is 4.90 Å². The number of carboxylic acids is 2. The van der Waals surface area contributed by atoms with Crippen LogP contribution < -0.4 is 0 Å². The Balaban J connectivity index is 0.000000284. The van der Waals surface area contributed by atoms with E-state index >= 15 is 0 Å². The highest BCUT2D eigenvalue weighted by Crippen LogP contribution is 2.29. The van der Waals surface area contributed by atoms with Gasteiger partial charge in [-0.3, -0.25) is 4.90 Å². The van der Waals surface area contributed by atoms with Crippen LogP contribution in [0.15, 0.2) is 48.1 Å². The van der Waals surface area contributed by atoms with Crippen LogP contribution in [0.3, 0.4) is 0 Å². The Morgan fingerprint density at radius 2 is 1.65 bits per heavy atom. The Kier molecular flexibility index (Phi) is 7.22. The topological polar surface area (TPSA) is 77.8 Å². The molecule has 2 rings (SSSR count). The van der Waals surface area contributed by atoms with E-state index in [0.717, 1.165) is 6.54 Å². The fourth-order valence-electron chi connectivity index (χ4n) is 2.40. The molecule has 0 fully saturated rings. The van der Waals surface area contributed by atoms with Gasteiger partial charge in [-0.1, -0.05) is 35.9 Å². The first-order chi connectivity index (χ1) is 10.8. The second-order valence-corrected chi connectivity index (χ2v) is 5.60. The van der Waals surface area contributed by atoms with Gasteiger partial charge < -0.3 is 10.2 Å². The lowest BCUT2D eigenvalue weighted by Gasteiger charge is -2.32. The van der Waals surface area contributed by atoms with Gasteiger partial charge in [-0.15, -0.1) is 0 Å². The number of rotatable bonds is 3. The number of likely N-dealkylation sites (N-methyl/N-ethyl adjacent to an activating group) is 1. The van der Waals surface area contributed by atoms with Gasteiger partial charge in [0, 0.05) is 24.7 Å². The minimum Gasteiger partial charge on any atom is -0.478 e. The highest BCUT2D eigenvalue weighted by atomic mass is 16.4. The lowest BCUT2D eigenvalue weighted by atomic mass is 9.91. The van der Waals surface area contributed by atoms with E-state index in [1.54, 1.807) is 5.57 Å². The zero-order valence-corrected chi connectivity index (χ0v) is 13.7. The molecule has 1 aliphatic heterocycles. The summed E-state index contributed by atoms with van der Waals surface area (Å²) in [6.07, 6.45) is 2.29. The Hall–Kier alpha value is -2.40. The van der Waals surface area contributed by atoms with Gasteiger partial charge in [-0.25, -0.2) is 9.59 Å². The minimum absolute atomic E-state index is 0.558. The standard InChI is InChI=1S/C14H19N.C4H4O4/c1-11-10-15(3)12(2)9-14(11)13-7-5-4-6-8-13;5-3(6)1-2-4(7)8/h4-8,12H,9-10H2,1-3H3;1-2H,(H,5,6)(H,7,8)/b;2-1+. The van der Waals surface area contributed by atoms with Gasteiger partial charge in [-0.2, -0.15) is 0 Å². The van der Waals surface area contributed by atoms with Crippen LogP contribution in [-0.2, 0) is 9.59 Å². The molecule has 0 bridgehead atoms. The molecule has 1 aromatic rings. The molecule has 1 aromatic carbocycles. The molecule has 0 spiro atoms. The summed E-state index contributed by atoms with van der Waals surface area (Å²) in [6.45, 7) is 5.66. The maximum absolute atomic E-state index is 9.55. The third kappa shape index (κ3) is 6.48. The number of carbonyl (C=O) groups is 2. The highest BCUT2D eigenvalue weighted by molar-refractivity contribution is 5.89. The molecule has 0 amide bonds. The molecule has 0 aliphatic carbocycles. The molecule has 1 heterocycles. The average molecular weight is 317 g/mol. The van der Waals surface area contributed by atoms with Crippen LogP contribution in [0, 0.1) is 0 Å². The van der Waals surface area contributed by atoms with Crippen molar-refractivity contribution in [3.8, 4) is 0 Å². The van der Waals surface area contributed by atoms with Gasteiger partial charge in [0.25, 0.3) is 0 Å². The zero-order valence-electron chi connectivity index (χ0n) is 13.7. The molecular formula is C18H23NO4. The highest BCUT2D eigenvalue weighted by Gasteiger charge is 2.20. The van der Waals surface area contributed by atoms with Crippen molar-refractivity contribution in [1.29, 1.82) is 0 Å². The van der Waals surface area contributed by atoms with Crippen molar-refractivity contribution >= 4 is 17.5 Å². The van der Waals surface area contributed by atoms with Crippen LogP contribution in [0.5, 0.6) is 0 Å². The lowest BCUT2D eigenvalue weighted by Crippen LogP contribution is -2.34. The first-order valence-corrected chi connectivity index (χ1v) is 7.39. The summed E-state index contributed by atoms with van der Waals surface area (Å²) in [6, 6.07) is 11.4. The number of nitrogens with zero attached hydrogens (tertiary/aromatic N) is 1. The smallest absolute Gasteiger partial charge is 0.328 e. The summed E-state index contributed by atoms with van der Waals surface area (Å²) in [5, 5.41) is 15.6. The molecular weight excluding hydrogens is 294 g/mol. The summed E-state index contributed by atoms with van der Waals surface area (Å²) < 4.78 is 0. The second kappa shape index (κ2) is 8.90. The van der Waals surface area contributed by atoms with Crippen molar-refractivity contribution in [3.05, 3.63) is 53.6 Å². The van der Waals surface area contributed by atoms with Crippen LogP contribution in [0.4, 0.5) is 0 Å². The number of carboxylic acid groups (broad SMARTS) is 2. The predicted octanol–water partition coefficient (Wildman–Crippen LogP) is 2.90. The van der Waals surface area contributed by atoms with E-state index in [4.69, 9.17) is 10.2 Å². The molecule has 5 nitrogen and oxygen atoms in total. The SMILES string of the molecule is CC1=C(c2ccccc2)CC(C)N(C)C1.O=C(O)/C=C/C(=O)O. The molecule has 2 N–H and O–H groups in total. The van der Waals surface area contributed by atoms with Crippen molar-refractivity contribution in [2.75, 3.05) is 13.6 Å². The van der Waals surface area contributed by atoms with Crippen molar-refractivity contribution in [3.63, 3.8) is 0 Å². The summed E-state index contributed by atoms with van der Waals surface area (Å²) in [4.78, 5) is 21.5. The van der Waals surface area contributed by atoms with Crippen LogP contribution >= 0.6 is 0 Å². The fraction of sp³-hybridized carbons (Fsp3) is 0.333. The summed E-state index contributed by atoms with van der Waals surface area (Å²) >= 11 is 0. The van der Waals surface area contributed by atoms with E-state index in [9.17, 15) is 9.59 Å². The zero-order chi connectivity index (χ0) is 17.4. The van der Waals surface area contributed by atoms with E-state index in [2.05, 4.69) is 56.1 Å². The van der Waals surface area contributed by atoms with Crippen LogP contribution in [0.1, 0.15) is 25.8 Å². The average Bonchev–Trinajstić information content (AvgIpc) is 2.50. The molecule has 23 heavy (non-hydrogen) atoms. The monoisotopic (exact) mass is 317 g/mol. The van der Waals surface area contributed by atoms with E-state index in [0.29, 0.717) is 18.2 Å². The van der Waals surface area contributed by atoms with E-state index in [1.165, 1.54) is 17.6 Å². The molecule has 1 unspecified atom stereocenters. The number of hydrogen-bond acceptors (Lipinski definition) is 3. The van der Waals surface area contributed by atoms with Crippen LogP contribution in [0.25, 0.3) is 5.57 Å². The lowest BCUT2D eigenvalue weighted by molar-refractivity contribution is -0.134. The van der Waals surface area contributed by atoms with Gasteiger partial charge >= 0.3 is 11.9 Å². The Morgan fingerprint density at radius 3 is 2.13 bits per heavy atom. The fourth-order valence-corrected chi connectivity index (χ4v) is 2.40. The van der Waals surface area contributed by atoms with Crippen LogP contribution in [0.2, 0.25) is 0 Å². The second-order valence-electron chi connectivity index (χ2n) is 5.60. The molecule has 0 aromatic heterocycles. The number of aliphatic carboxylic acids is 2. The molecule has 124 valence electrons. The quantitative estimate of drug-likeness (QED) is 0.838. The first-order valence-electron chi connectivity index (χ1n) is 7.39. The number of benzene rings is 1. The number of hydrogen-bond donors (Lipinski definition) is 2. The summed E-state index contributed by atoms with van der Waals surface area (Å²) in [5.41, 5.74) is 4.46. The molecule has 1 atom stereocenters. The van der Waals surface area contributed by atoms with E-state index < -0.39 is 11.9 Å². The Labute approximate surface area is 136 Å².